The van der Waals surface area contributed by atoms with Crippen LogP contribution in [-0.4, -0.2) is 49.9 Å². The van der Waals surface area contributed by atoms with E-state index in [1.54, 1.807) is 4.90 Å². The van der Waals surface area contributed by atoms with Crippen LogP contribution in [0.4, 0.5) is 0 Å². The van der Waals surface area contributed by atoms with E-state index in [0.29, 0.717) is 0 Å². The molecule has 0 fully saturated rings. The number of benzene rings is 1. The average Bonchev–Trinajstić information content (AvgIpc) is 2.35. The number of carbonyl (C=O) groups is 1. The standard InChI is InChI=1S/C14H22N2O/c1-5-12-7-6-8-13(11-12)14(17)16(4)10-9-15(2)3/h6-8,11H,5,9-10H2,1-4H3. The minimum atomic E-state index is 0.0992. The van der Waals surface area contributed by atoms with E-state index in [0.717, 1.165) is 25.1 Å². The Morgan fingerprint density at radius 2 is 1.88 bits per heavy atom. The lowest BCUT2D eigenvalue weighted by Gasteiger charge is -2.19. The highest BCUT2D eigenvalue weighted by Gasteiger charge is 2.11. The second kappa shape index (κ2) is 6.40. The molecule has 0 heterocycles. The smallest absolute Gasteiger partial charge is 0.253 e. The number of carbonyl (C=O) groups excluding carboxylic acids is 1. The Morgan fingerprint density at radius 3 is 2.47 bits per heavy atom. The van der Waals surface area contributed by atoms with Gasteiger partial charge in [0.25, 0.3) is 5.91 Å². The maximum atomic E-state index is 12.1. The van der Waals surface area contributed by atoms with Crippen molar-refractivity contribution in [3.05, 3.63) is 35.4 Å². The molecule has 0 unspecified atom stereocenters. The minimum absolute atomic E-state index is 0.0992. The highest BCUT2D eigenvalue weighted by atomic mass is 16.2. The van der Waals surface area contributed by atoms with Crippen LogP contribution in [0.5, 0.6) is 0 Å². The first-order valence-electron chi connectivity index (χ1n) is 6.03. The van der Waals surface area contributed by atoms with E-state index >= 15 is 0 Å². The van der Waals surface area contributed by atoms with E-state index in [-0.39, 0.29) is 5.91 Å². The third-order valence-corrected chi connectivity index (χ3v) is 2.81. The molecule has 1 aromatic rings. The van der Waals surface area contributed by atoms with Crippen LogP contribution in [0.15, 0.2) is 24.3 Å². The van der Waals surface area contributed by atoms with Crippen molar-refractivity contribution in [3.8, 4) is 0 Å². The van der Waals surface area contributed by atoms with Gasteiger partial charge < -0.3 is 9.80 Å². The molecule has 0 saturated carbocycles. The molecule has 3 heteroatoms. The topological polar surface area (TPSA) is 23.6 Å². The first-order valence-corrected chi connectivity index (χ1v) is 6.03. The highest BCUT2D eigenvalue weighted by Crippen LogP contribution is 2.08. The summed E-state index contributed by atoms with van der Waals surface area (Å²) in [6.07, 6.45) is 0.961. The maximum absolute atomic E-state index is 12.1. The largest absolute Gasteiger partial charge is 0.340 e. The number of hydrogen-bond donors (Lipinski definition) is 0. The number of amides is 1. The molecule has 0 spiro atoms. The fraction of sp³-hybridized carbons (Fsp3) is 0.500. The molecule has 3 nitrogen and oxygen atoms in total. The van der Waals surface area contributed by atoms with Crippen molar-refractivity contribution in [1.29, 1.82) is 0 Å². The van der Waals surface area contributed by atoms with E-state index in [2.05, 4.69) is 17.9 Å². The molecule has 0 radical (unpaired) electrons. The summed E-state index contributed by atoms with van der Waals surface area (Å²) in [7, 11) is 5.87. The summed E-state index contributed by atoms with van der Waals surface area (Å²) < 4.78 is 0. The molecule has 17 heavy (non-hydrogen) atoms. The number of rotatable bonds is 5. The van der Waals surface area contributed by atoms with E-state index in [1.807, 2.05) is 39.3 Å². The van der Waals surface area contributed by atoms with Gasteiger partial charge in [0.15, 0.2) is 0 Å². The van der Waals surface area contributed by atoms with Crippen LogP contribution in [0.25, 0.3) is 0 Å². The minimum Gasteiger partial charge on any atom is -0.340 e. The number of hydrogen-bond acceptors (Lipinski definition) is 2. The van der Waals surface area contributed by atoms with Crippen molar-refractivity contribution in [2.24, 2.45) is 0 Å². The van der Waals surface area contributed by atoms with Gasteiger partial charge in [-0.05, 0) is 38.2 Å². The van der Waals surface area contributed by atoms with Crippen molar-refractivity contribution in [2.75, 3.05) is 34.2 Å². The van der Waals surface area contributed by atoms with Gasteiger partial charge in [-0.25, -0.2) is 0 Å². The Labute approximate surface area is 104 Å². The van der Waals surface area contributed by atoms with Crippen LogP contribution in [0.1, 0.15) is 22.8 Å². The van der Waals surface area contributed by atoms with Crippen molar-refractivity contribution >= 4 is 5.91 Å². The lowest BCUT2D eigenvalue weighted by atomic mass is 10.1. The van der Waals surface area contributed by atoms with Crippen LogP contribution < -0.4 is 0 Å². The van der Waals surface area contributed by atoms with Crippen LogP contribution in [0.2, 0.25) is 0 Å². The molecule has 94 valence electrons. The Hall–Kier alpha value is -1.35. The van der Waals surface area contributed by atoms with Gasteiger partial charge >= 0.3 is 0 Å². The third-order valence-electron chi connectivity index (χ3n) is 2.81. The van der Waals surface area contributed by atoms with Gasteiger partial charge in [-0.3, -0.25) is 4.79 Å². The summed E-state index contributed by atoms with van der Waals surface area (Å²) in [6, 6.07) is 7.87. The number of likely N-dealkylation sites (N-methyl/N-ethyl adjacent to an activating group) is 2. The van der Waals surface area contributed by atoms with Crippen molar-refractivity contribution in [3.63, 3.8) is 0 Å². The summed E-state index contributed by atoms with van der Waals surface area (Å²) in [4.78, 5) is 16.0. The van der Waals surface area contributed by atoms with Crippen molar-refractivity contribution in [1.82, 2.24) is 9.80 Å². The van der Waals surface area contributed by atoms with Crippen LogP contribution in [0, 0.1) is 0 Å². The molecule has 0 aliphatic carbocycles. The van der Waals surface area contributed by atoms with Gasteiger partial charge in [0, 0.05) is 25.7 Å². The van der Waals surface area contributed by atoms with Gasteiger partial charge in [0.1, 0.15) is 0 Å². The maximum Gasteiger partial charge on any atom is 0.253 e. The zero-order valence-electron chi connectivity index (χ0n) is 11.2. The molecule has 0 aromatic heterocycles. The fourth-order valence-corrected chi connectivity index (χ4v) is 1.60. The Kier molecular flexibility index (Phi) is 5.16. The molecule has 1 amide bonds. The zero-order valence-corrected chi connectivity index (χ0v) is 11.2. The second-order valence-corrected chi connectivity index (χ2v) is 4.58. The summed E-state index contributed by atoms with van der Waals surface area (Å²) in [5.74, 6) is 0.0992. The van der Waals surface area contributed by atoms with Crippen LogP contribution in [0.3, 0.4) is 0 Å². The molecule has 0 atom stereocenters. The van der Waals surface area contributed by atoms with Gasteiger partial charge in [-0.15, -0.1) is 0 Å². The van der Waals surface area contributed by atoms with Gasteiger partial charge in [-0.1, -0.05) is 19.1 Å². The summed E-state index contributed by atoms with van der Waals surface area (Å²) in [5, 5.41) is 0. The van der Waals surface area contributed by atoms with Crippen LogP contribution in [-0.2, 0) is 6.42 Å². The Morgan fingerprint density at radius 1 is 1.18 bits per heavy atom. The molecular formula is C14H22N2O. The quantitative estimate of drug-likeness (QED) is 0.776. The molecule has 1 aromatic carbocycles. The lowest BCUT2D eigenvalue weighted by molar-refractivity contribution is 0.0786. The fourth-order valence-electron chi connectivity index (χ4n) is 1.60. The predicted octanol–water partition coefficient (Wildman–Crippen LogP) is 1.88. The normalized spacial score (nSPS) is 10.6. The molecule has 1 rings (SSSR count). The summed E-state index contributed by atoms with van der Waals surface area (Å²) in [5.41, 5.74) is 1.99. The summed E-state index contributed by atoms with van der Waals surface area (Å²) in [6.45, 7) is 3.73. The lowest BCUT2D eigenvalue weighted by Crippen LogP contribution is -2.33. The monoisotopic (exact) mass is 234 g/mol. The van der Waals surface area contributed by atoms with E-state index in [4.69, 9.17) is 0 Å². The molecule has 0 aliphatic rings. The second-order valence-electron chi connectivity index (χ2n) is 4.58. The van der Waals surface area contributed by atoms with Gasteiger partial charge in [0.05, 0.1) is 0 Å². The highest BCUT2D eigenvalue weighted by molar-refractivity contribution is 5.94. The average molecular weight is 234 g/mol. The summed E-state index contributed by atoms with van der Waals surface area (Å²) >= 11 is 0. The first-order chi connectivity index (χ1) is 8.04. The van der Waals surface area contributed by atoms with Crippen LogP contribution >= 0.6 is 0 Å². The van der Waals surface area contributed by atoms with Gasteiger partial charge in [0.2, 0.25) is 0 Å². The Balaban J connectivity index is 2.67. The molecule has 0 N–H and O–H groups in total. The molecule has 0 bridgehead atoms. The number of aryl methyl sites for hydroxylation is 1. The number of nitrogens with zero attached hydrogens (tertiary/aromatic N) is 2. The third kappa shape index (κ3) is 4.19. The molecule has 0 saturated heterocycles. The van der Waals surface area contributed by atoms with Crippen molar-refractivity contribution in [2.45, 2.75) is 13.3 Å². The van der Waals surface area contributed by atoms with Crippen molar-refractivity contribution < 1.29 is 4.79 Å². The first kappa shape index (κ1) is 13.7. The van der Waals surface area contributed by atoms with Gasteiger partial charge in [-0.2, -0.15) is 0 Å². The Bertz CT molecular complexity index is 374. The van der Waals surface area contributed by atoms with E-state index in [9.17, 15) is 4.79 Å². The van der Waals surface area contributed by atoms with E-state index < -0.39 is 0 Å². The molecule has 0 aliphatic heterocycles. The zero-order chi connectivity index (χ0) is 12.8. The SMILES string of the molecule is CCc1cccc(C(=O)N(C)CCN(C)C)c1. The predicted molar refractivity (Wildman–Crippen MR) is 71.3 cm³/mol. The molecular weight excluding hydrogens is 212 g/mol. The van der Waals surface area contributed by atoms with E-state index in [1.165, 1.54) is 5.56 Å².